The molecule has 0 fully saturated rings. The van der Waals surface area contributed by atoms with Crippen LogP contribution in [0.2, 0.25) is 0 Å². The normalized spacial score (nSPS) is 16.3. The van der Waals surface area contributed by atoms with Crippen molar-refractivity contribution in [1.29, 1.82) is 0 Å². The van der Waals surface area contributed by atoms with Gasteiger partial charge in [0.1, 0.15) is 11.5 Å². The monoisotopic (exact) mass is 326 g/mol. The number of para-hydroxylation sites is 1. The lowest BCUT2D eigenvalue weighted by Gasteiger charge is -2.18. The van der Waals surface area contributed by atoms with E-state index in [0.29, 0.717) is 13.2 Å². The Kier molecular flexibility index (Phi) is 5.21. The van der Waals surface area contributed by atoms with Crippen molar-refractivity contribution in [1.82, 2.24) is 5.32 Å². The second-order valence-corrected chi connectivity index (χ2v) is 5.64. The van der Waals surface area contributed by atoms with E-state index in [1.165, 1.54) is 0 Å². The van der Waals surface area contributed by atoms with Gasteiger partial charge in [-0.2, -0.15) is 0 Å². The average Bonchev–Trinajstić information content (AvgIpc) is 2.79. The second kappa shape index (κ2) is 7.73. The van der Waals surface area contributed by atoms with Gasteiger partial charge in [-0.15, -0.1) is 0 Å². The van der Waals surface area contributed by atoms with Crippen LogP contribution in [0.25, 0.3) is 0 Å². The highest BCUT2D eigenvalue weighted by molar-refractivity contribution is 5.89. The maximum absolute atomic E-state index is 12.3. The van der Waals surface area contributed by atoms with Gasteiger partial charge in [0.2, 0.25) is 0 Å². The number of urea groups is 1. The van der Waals surface area contributed by atoms with E-state index in [1.54, 1.807) is 0 Å². The molecule has 3 rings (SSSR count). The van der Waals surface area contributed by atoms with E-state index in [-0.39, 0.29) is 12.1 Å². The molecule has 1 aliphatic heterocycles. The molecule has 0 aromatic heterocycles. The van der Waals surface area contributed by atoms with Gasteiger partial charge in [0, 0.05) is 11.3 Å². The minimum absolute atomic E-state index is 0.0496. The molecule has 1 heterocycles. The van der Waals surface area contributed by atoms with E-state index >= 15 is 0 Å². The van der Waals surface area contributed by atoms with Crippen LogP contribution in [0.1, 0.15) is 31.4 Å². The topological polar surface area (TPSA) is 59.6 Å². The van der Waals surface area contributed by atoms with Crippen molar-refractivity contribution in [3.8, 4) is 11.5 Å². The van der Waals surface area contributed by atoms with Crippen molar-refractivity contribution in [3.05, 3.63) is 54.1 Å². The zero-order valence-corrected chi connectivity index (χ0v) is 13.7. The summed E-state index contributed by atoms with van der Waals surface area (Å²) in [6.07, 6.45) is 1.76. The fourth-order valence-corrected chi connectivity index (χ4v) is 2.80. The van der Waals surface area contributed by atoms with Crippen LogP contribution >= 0.6 is 0 Å². The Balaban J connectivity index is 1.64. The van der Waals surface area contributed by atoms with Gasteiger partial charge in [-0.3, -0.25) is 0 Å². The summed E-state index contributed by atoms with van der Waals surface area (Å²) in [6, 6.07) is 14.9. The Labute approximate surface area is 142 Å². The predicted octanol–water partition coefficient (Wildman–Crippen LogP) is 4.12. The maximum Gasteiger partial charge on any atom is 0.319 e. The van der Waals surface area contributed by atoms with Crippen molar-refractivity contribution in [2.24, 2.45) is 0 Å². The summed E-state index contributed by atoms with van der Waals surface area (Å²) in [7, 11) is 0. The summed E-state index contributed by atoms with van der Waals surface area (Å²) < 4.78 is 11.1. The lowest BCUT2D eigenvalue weighted by atomic mass is 10.0. The van der Waals surface area contributed by atoms with E-state index in [4.69, 9.17) is 9.47 Å². The first-order valence-electron chi connectivity index (χ1n) is 8.28. The van der Waals surface area contributed by atoms with Crippen molar-refractivity contribution in [2.75, 3.05) is 18.5 Å². The number of ether oxygens (including phenoxy) is 2. The molecular weight excluding hydrogens is 304 g/mol. The zero-order valence-electron chi connectivity index (χ0n) is 13.7. The van der Waals surface area contributed by atoms with Gasteiger partial charge >= 0.3 is 6.03 Å². The number of anilines is 1. The molecule has 2 aromatic rings. The quantitative estimate of drug-likeness (QED) is 0.888. The number of hydrogen-bond acceptors (Lipinski definition) is 3. The molecule has 2 N–H and O–H groups in total. The number of fused-ring (bicyclic) bond motifs is 1. The Morgan fingerprint density at radius 3 is 2.79 bits per heavy atom. The van der Waals surface area contributed by atoms with Gasteiger partial charge in [0.05, 0.1) is 19.3 Å². The molecular formula is C19H22N2O3. The standard InChI is InChI=1S/C19H22N2O3/c1-2-23-15-11-9-14(10-12-15)20-19(22)21-17-7-5-13-24-18-8-4-3-6-16(17)18/h3-4,6,8-12,17H,2,5,7,13H2,1H3,(H2,20,21,22). The molecule has 2 amide bonds. The Morgan fingerprint density at radius 1 is 1.21 bits per heavy atom. The highest BCUT2D eigenvalue weighted by Crippen LogP contribution is 2.31. The molecule has 1 atom stereocenters. The van der Waals surface area contributed by atoms with Gasteiger partial charge in [0.15, 0.2) is 0 Å². The van der Waals surface area contributed by atoms with Crippen LogP contribution in [0, 0.1) is 0 Å². The Morgan fingerprint density at radius 2 is 2.00 bits per heavy atom. The minimum atomic E-state index is -0.221. The maximum atomic E-state index is 12.3. The molecule has 0 aliphatic carbocycles. The number of benzene rings is 2. The number of carbonyl (C=O) groups excluding carboxylic acids is 1. The Hall–Kier alpha value is -2.69. The third-order valence-corrected chi connectivity index (χ3v) is 3.92. The Bertz CT molecular complexity index is 685. The molecule has 126 valence electrons. The van der Waals surface area contributed by atoms with E-state index < -0.39 is 0 Å². The first-order valence-corrected chi connectivity index (χ1v) is 8.28. The molecule has 24 heavy (non-hydrogen) atoms. The molecule has 0 saturated heterocycles. The smallest absolute Gasteiger partial charge is 0.319 e. The fraction of sp³-hybridized carbons (Fsp3) is 0.316. The SMILES string of the molecule is CCOc1ccc(NC(=O)NC2CCCOc3ccccc32)cc1. The third-order valence-electron chi connectivity index (χ3n) is 3.92. The lowest BCUT2D eigenvalue weighted by Crippen LogP contribution is -2.32. The highest BCUT2D eigenvalue weighted by atomic mass is 16.5. The summed E-state index contributed by atoms with van der Waals surface area (Å²) in [5, 5.41) is 5.91. The van der Waals surface area contributed by atoms with Gasteiger partial charge in [-0.05, 0) is 50.1 Å². The first-order chi connectivity index (χ1) is 11.8. The molecule has 0 bridgehead atoms. The van der Waals surface area contributed by atoms with Crippen LogP contribution in [0.4, 0.5) is 10.5 Å². The minimum Gasteiger partial charge on any atom is -0.494 e. The van der Waals surface area contributed by atoms with Crippen molar-refractivity contribution < 1.29 is 14.3 Å². The first kappa shape index (κ1) is 16.2. The van der Waals surface area contributed by atoms with Crippen molar-refractivity contribution >= 4 is 11.7 Å². The molecule has 2 aromatic carbocycles. The number of rotatable bonds is 4. The van der Waals surface area contributed by atoms with E-state index in [9.17, 15) is 4.79 Å². The van der Waals surface area contributed by atoms with E-state index in [1.807, 2.05) is 55.5 Å². The molecule has 0 spiro atoms. The van der Waals surface area contributed by atoms with Crippen molar-refractivity contribution in [3.63, 3.8) is 0 Å². The predicted molar refractivity (Wildman–Crippen MR) is 93.7 cm³/mol. The molecule has 0 saturated carbocycles. The second-order valence-electron chi connectivity index (χ2n) is 5.64. The molecule has 1 aliphatic rings. The number of carbonyl (C=O) groups is 1. The molecule has 5 heteroatoms. The zero-order chi connectivity index (χ0) is 16.8. The summed E-state index contributed by atoms with van der Waals surface area (Å²) >= 11 is 0. The fourth-order valence-electron chi connectivity index (χ4n) is 2.80. The average molecular weight is 326 g/mol. The van der Waals surface area contributed by atoms with Crippen LogP contribution in [-0.4, -0.2) is 19.2 Å². The summed E-state index contributed by atoms with van der Waals surface area (Å²) in [6.45, 7) is 3.24. The van der Waals surface area contributed by atoms with E-state index in [0.717, 1.165) is 35.6 Å². The van der Waals surface area contributed by atoms with Gasteiger partial charge in [0.25, 0.3) is 0 Å². The third kappa shape index (κ3) is 3.98. The van der Waals surface area contributed by atoms with Crippen LogP contribution in [0.5, 0.6) is 11.5 Å². The lowest BCUT2D eigenvalue weighted by molar-refractivity contribution is 0.247. The molecule has 5 nitrogen and oxygen atoms in total. The van der Waals surface area contributed by atoms with Gasteiger partial charge in [-0.25, -0.2) is 4.79 Å². The van der Waals surface area contributed by atoms with Gasteiger partial charge in [-0.1, -0.05) is 18.2 Å². The molecule has 1 unspecified atom stereocenters. The van der Waals surface area contributed by atoms with Crippen LogP contribution in [0.3, 0.4) is 0 Å². The van der Waals surface area contributed by atoms with E-state index in [2.05, 4.69) is 10.6 Å². The number of nitrogens with one attached hydrogen (secondary N) is 2. The number of amides is 2. The van der Waals surface area contributed by atoms with Crippen LogP contribution in [-0.2, 0) is 0 Å². The summed E-state index contributed by atoms with van der Waals surface area (Å²) in [5.74, 6) is 1.64. The molecule has 0 radical (unpaired) electrons. The summed E-state index contributed by atoms with van der Waals surface area (Å²) in [4.78, 5) is 12.3. The number of hydrogen-bond donors (Lipinski definition) is 2. The van der Waals surface area contributed by atoms with Gasteiger partial charge < -0.3 is 20.1 Å². The van der Waals surface area contributed by atoms with Crippen LogP contribution in [0.15, 0.2) is 48.5 Å². The highest BCUT2D eigenvalue weighted by Gasteiger charge is 2.21. The largest absolute Gasteiger partial charge is 0.494 e. The van der Waals surface area contributed by atoms with Crippen molar-refractivity contribution in [2.45, 2.75) is 25.8 Å². The van der Waals surface area contributed by atoms with Crippen LogP contribution < -0.4 is 20.1 Å². The summed E-state index contributed by atoms with van der Waals surface area (Å²) in [5.41, 5.74) is 1.76.